The first-order valence-corrected chi connectivity index (χ1v) is 6.61. The molecule has 0 saturated carbocycles. The van der Waals surface area contributed by atoms with Gasteiger partial charge in [-0.1, -0.05) is 26.0 Å². The summed E-state index contributed by atoms with van der Waals surface area (Å²) >= 11 is 0. The average molecular weight is 279 g/mol. The molecule has 0 radical (unpaired) electrons. The summed E-state index contributed by atoms with van der Waals surface area (Å²) in [4.78, 5) is 22.5. The maximum absolute atomic E-state index is 11.8. The van der Waals surface area contributed by atoms with Crippen molar-refractivity contribution in [3.63, 3.8) is 0 Å². The number of rotatable bonds is 6. The molecule has 2 unspecified atom stereocenters. The molecule has 110 valence electrons. The lowest BCUT2D eigenvalue weighted by Gasteiger charge is -2.17. The van der Waals surface area contributed by atoms with Crippen LogP contribution in [-0.2, 0) is 9.59 Å². The highest BCUT2D eigenvalue weighted by Crippen LogP contribution is 2.20. The van der Waals surface area contributed by atoms with Crippen LogP contribution in [-0.4, -0.2) is 29.1 Å². The Morgan fingerprint density at radius 3 is 2.40 bits per heavy atom. The van der Waals surface area contributed by atoms with Crippen molar-refractivity contribution in [3.05, 3.63) is 29.8 Å². The van der Waals surface area contributed by atoms with Gasteiger partial charge in [-0.2, -0.15) is 0 Å². The maximum Gasteiger partial charge on any atom is 0.325 e. The number of hydrogen-bond acceptors (Lipinski definition) is 3. The molecule has 5 heteroatoms. The SMILES string of the molecule is CC(NC(=O)C(C)Oc1cccc(C(C)C)c1)C(=O)O. The summed E-state index contributed by atoms with van der Waals surface area (Å²) in [6.07, 6.45) is -0.751. The normalized spacial score (nSPS) is 13.7. The quantitative estimate of drug-likeness (QED) is 0.836. The number of carbonyl (C=O) groups is 2. The number of carboxylic acid groups (broad SMARTS) is 1. The van der Waals surface area contributed by atoms with Crippen LogP contribution in [0.5, 0.6) is 5.75 Å². The largest absolute Gasteiger partial charge is 0.481 e. The Labute approximate surface area is 118 Å². The smallest absolute Gasteiger partial charge is 0.325 e. The number of ether oxygens (including phenoxy) is 1. The second kappa shape index (κ2) is 6.93. The molecule has 0 aliphatic carbocycles. The van der Waals surface area contributed by atoms with Crippen molar-refractivity contribution in [1.29, 1.82) is 0 Å². The molecule has 0 aliphatic heterocycles. The Hall–Kier alpha value is -2.04. The van der Waals surface area contributed by atoms with Gasteiger partial charge in [0.2, 0.25) is 0 Å². The predicted octanol–water partition coefficient (Wildman–Crippen LogP) is 2.17. The summed E-state index contributed by atoms with van der Waals surface area (Å²) in [5, 5.41) is 11.1. The van der Waals surface area contributed by atoms with Crippen LogP contribution in [0.25, 0.3) is 0 Å². The minimum absolute atomic E-state index is 0.370. The van der Waals surface area contributed by atoms with E-state index in [1.54, 1.807) is 13.0 Å². The molecule has 1 aromatic carbocycles. The molecule has 1 amide bonds. The summed E-state index contributed by atoms with van der Waals surface area (Å²) in [6, 6.07) is 6.59. The number of amides is 1. The van der Waals surface area contributed by atoms with Gasteiger partial charge in [-0.3, -0.25) is 9.59 Å². The van der Waals surface area contributed by atoms with E-state index in [9.17, 15) is 9.59 Å². The minimum Gasteiger partial charge on any atom is -0.481 e. The zero-order valence-corrected chi connectivity index (χ0v) is 12.2. The first-order valence-electron chi connectivity index (χ1n) is 6.61. The van der Waals surface area contributed by atoms with Gasteiger partial charge in [0.1, 0.15) is 11.8 Å². The molecule has 0 bridgehead atoms. The van der Waals surface area contributed by atoms with Crippen molar-refractivity contribution < 1.29 is 19.4 Å². The Morgan fingerprint density at radius 2 is 1.85 bits per heavy atom. The van der Waals surface area contributed by atoms with Gasteiger partial charge in [0.25, 0.3) is 5.91 Å². The van der Waals surface area contributed by atoms with Crippen LogP contribution in [0.3, 0.4) is 0 Å². The van der Waals surface area contributed by atoms with Gasteiger partial charge < -0.3 is 15.2 Å². The summed E-state index contributed by atoms with van der Waals surface area (Å²) in [5.41, 5.74) is 1.12. The summed E-state index contributed by atoms with van der Waals surface area (Å²) < 4.78 is 5.54. The van der Waals surface area contributed by atoms with Crippen molar-refractivity contribution in [2.24, 2.45) is 0 Å². The first-order chi connectivity index (χ1) is 9.31. The molecule has 1 rings (SSSR count). The van der Waals surface area contributed by atoms with Crippen LogP contribution in [0, 0.1) is 0 Å². The standard InChI is InChI=1S/C15H21NO4/c1-9(2)12-6-5-7-13(8-12)20-11(4)14(17)16-10(3)15(18)19/h5-11H,1-4H3,(H,16,17)(H,18,19). The molecule has 2 atom stereocenters. The van der Waals surface area contributed by atoms with Gasteiger partial charge in [0.05, 0.1) is 0 Å². The zero-order valence-electron chi connectivity index (χ0n) is 12.2. The van der Waals surface area contributed by atoms with Crippen molar-refractivity contribution in [2.75, 3.05) is 0 Å². The Morgan fingerprint density at radius 1 is 1.20 bits per heavy atom. The van der Waals surface area contributed by atoms with Gasteiger partial charge in [-0.15, -0.1) is 0 Å². The molecule has 5 nitrogen and oxygen atoms in total. The molecular weight excluding hydrogens is 258 g/mol. The van der Waals surface area contributed by atoms with Crippen LogP contribution in [0.4, 0.5) is 0 Å². The summed E-state index contributed by atoms with van der Waals surface area (Å²) in [7, 11) is 0. The van der Waals surface area contributed by atoms with Crippen molar-refractivity contribution in [1.82, 2.24) is 5.32 Å². The molecule has 0 saturated heterocycles. The molecule has 0 aliphatic rings. The van der Waals surface area contributed by atoms with E-state index < -0.39 is 24.0 Å². The van der Waals surface area contributed by atoms with E-state index in [4.69, 9.17) is 9.84 Å². The van der Waals surface area contributed by atoms with Crippen LogP contribution >= 0.6 is 0 Å². The lowest BCUT2D eigenvalue weighted by Crippen LogP contribution is -2.44. The maximum atomic E-state index is 11.8. The van der Waals surface area contributed by atoms with Gasteiger partial charge in [-0.25, -0.2) is 0 Å². The number of nitrogens with one attached hydrogen (secondary N) is 1. The minimum atomic E-state index is -1.08. The second-order valence-corrected chi connectivity index (χ2v) is 5.06. The van der Waals surface area contributed by atoms with Crippen molar-refractivity contribution >= 4 is 11.9 Å². The summed E-state index contributed by atoms with van der Waals surface area (Å²) in [5.74, 6) is -0.557. The molecule has 0 fully saturated rings. The van der Waals surface area contributed by atoms with Crippen molar-refractivity contribution in [2.45, 2.75) is 45.8 Å². The fourth-order valence-corrected chi connectivity index (χ4v) is 1.60. The van der Waals surface area contributed by atoms with E-state index in [-0.39, 0.29) is 0 Å². The first kappa shape index (κ1) is 16.0. The van der Waals surface area contributed by atoms with Crippen molar-refractivity contribution in [3.8, 4) is 5.75 Å². The molecule has 20 heavy (non-hydrogen) atoms. The van der Waals surface area contributed by atoms with E-state index in [0.717, 1.165) is 5.56 Å². The monoisotopic (exact) mass is 279 g/mol. The number of carboxylic acids is 1. The van der Waals surface area contributed by atoms with Crippen LogP contribution < -0.4 is 10.1 Å². The number of aliphatic carboxylic acids is 1. The van der Waals surface area contributed by atoms with Gasteiger partial charge in [-0.05, 0) is 37.5 Å². The lowest BCUT2D eigenvalue weighted by atomic mass is 10.0. The topological polar surface area (TPSA) is 75.6 Å². The molecule has 2 N–H and O–H groups in total. The molecular formula is C15H21NO4. The highest BCUT2D eigenvalue weighted by molar-refractivity contribution is 5.86. The average Bonchev–Trinajstić information content (AvgIpc) is 2.38. The molecule has 0 aromatic heterocycles. The van der Waals surface area contributed by atoms with Crippen LogP contribution in [0.2, 0.25) is 0 Å². The number of hydrogen-bond donors (Lipinski definition) is 2. The fourth-order valence-electron chi connectivity index (χ4n) is 1.60. The third-order valence-electron chi connectivity index (χ3n) is 2.94. The third-order valence-corrected chi connectivity index (χ3v) is 2.94. The van der Waals surface area contributed by atoms with E-state index >= 15 is 0 Å². The Bertz CT molecular complexity index is 485. The van der Waals surface area contributed by atoms with Gasteiger partial charge >= 0.3 is 5.97 Å². The van der Waals surface area contributed by atoms with E-state index in [2.05, 4.69) is 19.2 Å². The Kier molecular flexibility index (Phi) is 5.55. The fraction of sp³-hybridized carbons (Fsp3) is 0.467. The molecule has 0 spiro atoms. The Balaban J connectivity index is 2.66. The highest BCUT2D eigenvalue weighted by Gasteiger charge is 2.20. The predicted molar refractivity (Wildman–Crippen MR) is 75.9 cm³/mol. The summed E-state index contributed by atoms with van der Waals surface area (Å²) in [6.45, 7) is 7.14. The lowest BCUT2D eigenvalue weighted by molar-refractivity contribution is -0.142. The number of carbonyl (C=O) groups excluding carboxylic acids is 1. The molecule has 0 heterocycles. The molecule has 1 aromatic rings. The zero-order chi connectivity index (χ0) is 15.3. The van der Waals surface area contributed by atoms with E-state index in [1.165, 1.54) is 6.92 Å². The van der Waals surface area contributed by atoms with E-state index in [0.29, 0.717) is 11.7 Å². The third kappa shape index (κ3) is 4.57. The second-order valence-electron chi connectivity index (χ2n) is 5.06. The van der Waals surface area contributed by atoms with Gasteiger partial charge in [0, 0.05) is 0 Å². The highest BCUT2D eigenvalue weighted by atomic mass is 16.5. The van der Waals surface area contributed by atoms with Crippen LogP contribution in [0.1, 0.15) is 39.2 Å². The number of benzene rings is 1. The van der Waals surface area contributed by atoms with Gasteiger partial charge in [0.15, 0.2) is 6.10 Å². The van der Waals surface area contributed by atoms with E-state index in [1.807, 2.05) is 18.2 Å². The van der Waals surface area contributed by atoms with Crippen LogP contribution in [0.15, 0.2) is 24.3 Å².